The van der Waals surface area contributed by atoms with Crippen LogP contribution in [0.1, 0.15) is 36.7 Å². The zero-order chi connectivity index (χ0) is 20.6. The largest absolute Gasteiger partial charge is 0.497 e. The molecule has 3 rings (SSSR count). The summed E-state index contributed by atoms with van der Waals surface area (Å²) in [7, 11) is 1.66. The number of unbranched alkanes of at least 4 members (excludes halogenated alkanes) is 1. The summed E-state index contributed by atoms with van der Waals surface area (Å²) in [6.07, 6.45) is 2.99. The third-order valence-corrected chi connectivity index (χ3v) is 5.60. The number of hydrogen-bond acceptors (Lipinski definition) is 6. The van der Waals surface area contributed by atoms with Gasteiger partial charge in [0, 0.05) is 24.3 Å². The van der Waals surface area contributed by atoms with Crippen molar-refractivity contribution < 1.29 is 9.66 Å². The van der Waals surface area contributed by atoms with Crippen molar-refractivity contribution in [3.63, 3.8) is 0 Å². The summed E-state index contributed by atoms with van der Waals surface area (Å²) in [6, 6.07) is 14.6. The molecule has 0 N–H and O–H groups in total. The molecule has 1 heterocycles. The molecule has 0 aliphatic heterocycles. The van der Waals surface area contributed by atoms with E-state index in [1.165, 1.54) is 17.7 Å². The van der Waals surface area contributed by atoms with Crippen LogP contribution < -0.4 is 4.74 Å². The highest BCUT2D eigenvalue weighted by Gasteiger charge is 2.14. The SMILES string of the molecule is CCCCc1nnc(SCc2ccc(OC)cc2)n1Cc1ccc([N+](=O)[O-])cc1. The van der Waals surface area contributed by atoms with E-state index in [0.29, 0.717) is 6.54 Å². The molecule has 0 aliphatic carbocycles. The van der Waals surface area contributed by atoms with Gasteiger partial charge in [-0.05, 0) is 29.7 Å². The van der Waals surface area contributed by atoms with Gasteiger partial charge in [-0.1, -0.05) is 49.4 Å². The summed E-state index contributed by atoms with van der Waals surface area (Å²) in [6.45, 7) is 2.74. The van der Waals surface area contributed by atoms with Crippen molar-refractivity contribution in [2.45, 2.75) is 43.6 Å². The average Bonchev–Trinajstić information content (AvgIpc) is 3.12. The number of thioether (sulfide) groups is 1. The second kappa shape index (κ2) is 10.1. The van der Waals surface area contributed by atoms with Gasteiger partial charge in [-0.3, -0.25) is 10.1 Å². The van der Waals surface area contributed by atoms with E-state index in [9.17, 15) is 10.1 Å². The lowest BCUT2D eigenvalue weighted by molar-refractivity contribution is -0.384. The van der Waals surface area contributed by atoms with Gasteiger partial charge in [0.15, 0.2) is 5.16 Å². The summed E-state index contributed by atoms with van der Waals surface area (Å²) in [5.41, 5.74) is 2.26. The number of aryl methyl sites for hydroxylation is 1. The van der Waals surface area contributed by atoms with Crippen molar-refractivity contribution >= 4 is 17.4 Å². The van der Waals surface area contributed by atoms with Crippen LogP contribution in [0, 0.1) is 10.1 Å². The maximum absolute atomic E-state index is 10.9. The smallest absolute Gasteiger partial charge is 0.269 e. The lowest BCUT2D eigenvalue weighted by Crippen LogP contribution is -2.07. The van der Waals surface area contributed by atoms with E-state index in [0.717, 1.165) is 47.3 Å². The number of hydrogen-bond donors (Lipinski definition) is 0. The summed E-state index contributed by atoms with van der Waals surface area (Å²) < 4.78 is 7.32. The molecule has 7 nitrogen and oxygen atoms in total. The third kappa shape index (κ3) is 5.57. The van der Waals surface area contributed by atoms with Crippen LogP contribution in [0.4, 0.5) is 5.69 Å². The first-order valence-electron chi connectivity index (χ1n) is 9.52. The molecule has 2 aromatic carbocycles. The van der Waals surface area contributed by atoms with Crippen LogP contribution in [-0.2, 0) is 18.7 Å². The van der Waals surface area contributed by atoms with Crippen LogP contribution in [0.3, 0.4) is 0 Å². The fourth-order valence-electron chi connectivity index (χ4n) is 2.88. The summed E-state index contributed by atoms with van der Waals surface area (Å²) in [5.74, 6) is 2.56. The van der Waals surface area contributed by atoms with Gasteiger partial charge in [-0.2, -0.15) is 0 Å². The molecule has 29 heavy (non-hydrogen) atoms. The first-order chi connectivity index (χ1) is 14.1. The van der Waals surface area contributed by atoms with Crippen molar-refractivity contribution in [1.29, 1.82) is 0 Å². The van der Waals surface area contributed by atoms with E-state index < -0.39 is 0 Å². The Bertz CT molecular complexity index is 940. The molecule has 8 heteroatoms. The molecule has 0 spiro atoms. The molecule has 3 aromatic rings. The Morgan fingerprint density at radius 2 is 1.76 bits per heavy atom. The highest BCUT2D eigenvalue weighted by Crippen LogP contribution is 2.25. The Morgan fingerprint density at radius 1 is 1.07 bits per heavy atom. The van der Waals surface area contributed by atoms with E-state index in [1.54, 1.807) is 31.0 Å². The molecule has 0 unspecified atom stereocenters. The standard InChI is InChI=1S/C21H24N4O3S/c1-3-4-5-20-22-23-21(29-15-17-8-12-19(28-2)13-9-17)24(20)14-16-6-10-18(11-7-16)25(26)27/h6-13H,3-5,14-15H2,1-2H3. The predicted molar refractivity (Wildman–Crippen MR) is 113 cm³/mol. The molecular formula is C21H24N4O3S. The first-order valence-corrected chi connectivity index (χ1v) is 10.5. The van der Waals surface area contributed by atoms with Crippen molar-refractivity contribution in [3.8, 4) is 5.75 Å². The minimum atomic E-state index is -0.384. The van der Waals surface area contributed by atoms with Crippen LogP contribution >= 0.6 is 11.8 Å². The highest BCUT2D eigenvalue weighted by molar-refractivity contribution is 7.98. The lowest BCUT2D eigenvalue weighted by atomic mass is 10.2. The highest BCUT2D eigenvalue weighted by atomic mass is 32.2. The average molecular weight is 413 g/mol. The van der Waals surface area contributed by atoms with Gasteiger partial charge in [0.1, 0.15) is 11.6 Å². The molecule has 0 bridgehead atoms. The summed E-state index contributed by atoms with van der Waals surface area (Å²) >= 11 is 1.64. The Balaban J connectivity index is 1.77. The quantitative estimate of drug-likeness (QED) is 0.268. The van der Waals surface area contributed by atoms with Gasteiger partial charge < -0.3 is 9.30 Å². The maximum Gasteiger partial charge on any atom is 0.269 e. The van der Waals surface area contributed by atoms with Gasteiger partial charge in [0.25, 0.3) is 5.69 Å². The van der Waals surface area contributed by atoms with Crippen LogP contribution in [0.5, 0.6) is 5.75 Å². The van der Waals surface area contributed by atoms with E-state index >= 15 is 0 Å². The number of nitrogens with zero attached hydrogens (tertiary/aromatic N) is 4. The van der Waals surface area contributed by atoms with Crippen LogP contribution in [0.25, 0.3) is 0 Å². The van der Waals surface area contributed by atoms with Crippen LogP contribution in [-0.4, -0.2) is 26.8 Å². The number of rotatable bonds is 10. The Hall–Kier alpha value is -2.87. The van der Waals surface area contributed by atoms with Crippen molar-refractivity contribution in [2.24, 2.45) is 0 Å². The maximum atomic E-state index is 10.9. The van der Waals surface area contributed by atoms with Gasteiger partial charge in [0.2, 0.25) is 0 Å². The van der Waals surface area contributed by atoms with E-state index in [-0.39, 0.29) is 10.6 Å². The Kier molecular flexibility index (Phi) is 7.24. The molecule has 0 amide bonds. The molecule has 0 aliphatic rings. The molecular weight excluding hydrogens is 388 g/mol. The van der Waals surface area contributed by atoms with E-state index in [1.807, 2.05) is 24.3 Å². The zero-order valence-electron chi connectivity index (χ0n) is 16.6. The number of methoxy groups -OCH3 is 1. The van der Waals surface area contributed by atoms with E-state index in [2.05, 4.69) is 21.7 Å². The molecule has 0 saturated heterocycles. The number of benzene rings is 2. The minimum Gasteiger partial charge on any atom is -0.497 e. The van der Waals surface area contributed by atoms with Crippen molar-refractivity contribution in [3.05, 3.63) is 75.6 Å². The van der Waals surface area contributed by atoms with Crippen molar-refractivity contribution in [2.75, 3.05) is 7.11 Å². The number of nitro benzene ring substituents is 1. The lowest BCUT2D eigenvalue weighted by Gasteiger charge is -2.10. The van der Waals surface area contributed by atoms with Crippen LogP contribution in [0.15, 0.2) is 53.7 Å². The molecule has 0 saturated carbocycles. The number of nitro groups is 1. The van der Waals surface area contributed by atoms with Gasteiger partial charge in [-0.15, -0.1) is 10.2 Å². The topological polar surface area (TPSA) is 83.1 Å². The summed E-state index contributed by atoms with van der Waals surface area (Å²) in [5, 5.41) is 20.5. The van der Waals surface area contributed by atoms with Crippen molar-refractivity contribution in [1.82, 2.24) is 14.8 Å². The molecule has 152 valence electrons. The Labute approximate surface area is 174 Å². The first kappa shape index (κ1) is 20.9. The molecule has 0 fully saturated rings. The fraction of sp³-hybridized carbons (Fsp3) is 0.333. The molecule has 1 aromatic heterocycles. The monoisotopic (exact) mass is 412 g/mol. The third-order valence-electron chi connectivity index (χ3n) is 4.56. The second-order valence-electron chi connectivity index (χ2n) is 6.65. The van der Waals surface area contributed by atoms with Gasteiger partial charge >= 0.3 is 0 Å². The van der Waals surface area contributed by atoms with Gasteiger partial charge in [-0.25, -0.2) is 0 Å². The zero-order valence-corrected chi connectivity index (χ0v) is 17.4. The normalized spacial score (nSPS) is 10.8. The molecule has 0 atom stereocenters. The Morgan fingerprint density at radius 3 is 2.38 bits per heavy atom. The van der Waals surface area contributed by atoms with Crippen LogP contribution in [0.2, 0.25) is 0 Å². The second-order valence-corrected chi connectivity index (χ2v) is 7.59. The minimum absolute atomic E-state index is 0.0952. The molecule has 0 radical (unpaired) electrons. The number of aromatic nitrogens is 3. The number of non-ortho nitro benzene ring substituents is 1. The van der Waals surface area contributed by atoms with E-state index in [4.69, 9.17) is 4.74 Å². The van der Waals surface area contributed by atoms with Gasteiger partial charge in [0.05, 0.1) is 18.6 Å². The predicted octanol–water partition coefficient (Wildman–Crippen LogP) is 4.88. The number of ether oxygens (including phenoxy) is 1. The summed E-state index contributed by atoms with van der Waals surface area (Å²) in [4.78, 5) is 10.5. The fourth-order valence-corrected chi connectivity index (χ4v) is 3.79.